The summed E-state index contributed by atoms with van der Waals surface area (Å²) < 4.78 is 0. The van der Waals surface area contributed by atoms with Crippen LogP contribution in [0.2, 0.25) is 0 Å². The number of hydrogen-bond donors (Lipinski definition) is 2. The quantitative estimate of drug-likeness (QED) is 0.797. The summed E-state index contributed by atoms with van der Waals surface area (Å²) in [7, 11) is 0. The van der Waals surface area contributed by atoms with Gasteiger partial charge in [-0.05, 0) is 32.6 Å². The Balaban J connectivity index is 4.68. The van der Waals surface area contributed by atoms with Gasteiger partial charge in [-0.2, -0.15) is 0 Å². The maximum Gasteiger partial charge on any atom is 0.304 e. The molecule has 1 unspecified atom stereocenters. The van der Waals surface area contributed by atoms with Gasteiger partial charge in [-0.3, -0.25) is 9.59 Å². The van der Waals surface area contributed by atoms with Gasteiger partial charge in [0.25, 0.3) is 0 Å². The van der Waals surface area contributed by atoms with Crippen LogP contribution in [0.1, 0.15) is 54.4 Å². The van der Waals surface area contributed by atoms with Gasteiger partial charge in [-0.1, -0.05) is 20.8 Å². The molecule has 0 aromatic rings. The predicted octanol–water partition coefficient (Wildman–Crippen LogP) is 2.43. The highest BCUT2D eigenvalue weighted by Crippen LogP contribution is 2.27. The number of carbonyl (C=O) groups is 2. The summed E-state index contributed by atoms with van der Waals surface area (Å²) in [6, 6.07) is 0. The Kier molecular flexibility index (Phi) is 5.17. The highest BCUT2D eigenvalue weighted by atomic mass is 16.4. The SMILES string of the molecule is CC(C)(C)CC(CC(=O)O)C(=O)NC(C)(C)C. The molecular weight excluding hydrogens is 218 g/mol. The second kappa shape index (κ2) is 5.52. The smallest absolute Gasteiger partial charge is 0.304 e. The number of carbonyl (C=O) groups excluding carboxylic acids is 1. The fraction of sp³-hybridized carbons (Fsp3) is 0.846. The van der Waals surface area contributed by atoms with E-state index in [4.69, 9.17) is 5.11 Å². The molecule has 1 amide bonds. The summed E-state index contributed by atoms with van der Waals surface area (Å²) >= 11 is 0. The molecule has 0 fully saturated rings. The number of rotatable bonds is 4. The molecule has 100 valence electrons. The van der Waals surface area contributed by atoms with Crippen molar-refractivity contribution in [1.29, 1.82) is 0 Å². The van der Waals surface area contributed by atoms with Crippen LogP contribution in [-0.2, 0) is 9.59 Å². The molecule has 0 spiro atoms. The molecule has 0 bridgehead atoms. The van der Waals surface area contributed by atoms with E-state index in [9.17, 15) is 9.59 Å². The molecule has 0 aliphatic heterocycles. The van der Waals surface area contributed by atoms with E-state index in [-0.39, 0.29) is 23.3 Å². The van der Waals surface area contributed by atoms with Crippen molar-refractivity contribution in [2.24, 2.45) is 11.3 Å². The van der Waals surface area contributed by atoms with E-state index < -0.39 is 11.9 Å². The number of hydrogen-bond acceptors (Lipinski definition) is 2. The highest BCUT2D eigenvalue weighted by Gasteiger charge is 2.29. The van der Waals surface area contributed by atoms with Crippen molar-refractivity contribution in [3.05, 3.63) is 0 Å². The van der Waals surface area contributed by atoms with Crippen molar-refractivity contribution in [2.45, 2.75) is 59.9 Å². The van der Waals surface area contributed by atoms with Crippen LogP contribution in [0.4, 0.5) is 0 Å². The topological polar surface area (TPSA) is 66.4 Å². The fourth-order valence-electron chi connectivity index (χ4n) is 1.68. The fourth-order valence-corrected chi connectivity index (χ4v) is 1.68. The Morgan fingerprint density at radius 3 is 1.88 bits per heavy atom. The molecule has 2 N–H and O–H groups in total. The van der Waals surface area contributed by atoms with E-state index >= 15 is 0 Å². The third-order valence-corrected chi connectivity index (χ3v) is 2.15. The first-order valence-corrected chi connectivity index (χ1v) is 5.94. The highest BCUT2D eigenvalue weighted by molar-refractivity contribution is 5.83. The summed E-state index contributed by atoms with van der Waals surface area (Å²) in [4.78, 5) is 22.8. The Bertz CT molecular complexity index is 284. The van der Waals surface area contributed by atoms with Crippen molar-refractivity contribution >= 4 is 11.9 Å². The van der Waals surface area contributed by atoms with E-state index in [0.717, 1.165) is 0 Å². The Morgan fingerprint density at radius 1 is 1.12 bits per heavy atom. The third kappa shape index (κ3) is 8.72. The zero-order chi connectivity index (χ0) is 13.9. The van der Waals surface area contributed by atoms with Crippen LogP contribution >= 0.6 is 0 Å². The van der Waals surface area contributed by atoms with Crippen molar-refractivity contribution in [1.82, 2.24) is 5.32 Å². The van der Waals surface area contributed by atoms with E-state index in [1.807, 2.05) is 41.5 Å². The van der Waals surface area contributed by atoms with Crippen molar-refractivity contribution in [3.63, 3.8) is 0 Å². The molecule has 1 atom stereocenters. The van der Waals surface area contributed by atoms with Crippen LogP contribution in [0.3, 0.4) is 0 Å². The Hall–Kier alpha value is -1.06. The molecule has 0 aromatic carbocycles. The molecule has 0 aliphatic carbocycles. The first-order valence-electron chi connectivity index (χ1n) is 5.94. The third-order valence-electron chi connectivity index (χ3n) is 2.15. The first-order chi connectivity index (χ1) is 7.41. The van der Waals surface area contributed by atoms with Gasteiger partial charge in [0.2, 0.25) is 5.91 Å². The van der Waals surface area contributed by atoms with Gasteiger partial charge in [0.1, 0.15) is 0 Å². The molecule has 0 aromatic heterocycles. The number of nitrogens with one attached hydrogen (secondary N) is 1. The Morgan fingerprint density at radius 2 is 1.59 bits per heavy atom. The second-order valence-electron chi connectivity index (χ2n) is 6.80. The maximum absolute atomic E-state index is 12.0. The number of carboxylic acids is 1. The second-order valence-corrected chi connectivity index (χ2v) is 6.80. The Labute approximate surface area is 104 Å². The standard InChI is InChI=1S/C13H25NO3/c1-12(2,3)8-9(7-10(15)16)11(17)14-13(4,5)6/h9H,7-8H2,1-6H3,(H,14,17)(H,15,16). The minimum Gasteiger partial charge on any atom is -0.481 e. The zero-order valence-corrected chi connectivity index (χ0v) is 11.8. The van der Waals surface area contributed by atoms with Crippen LogP contribution in [0.25, 0.3) is 0 Å². The minimum atomic E-state index is -0.927. The average molecular weight is 243 g/mol. The number of amides is 1. The van der Waals surface area contributed by atoms with Gasteiger partial charge < -0.3 is 10.4 Å². The summed E-state index contributed by atoms with van der Waals surface area (Å²) in [6.07, 6.45) is 0.459. The molecule has 0 rings (SSSR count). The lowest BCUT2D eigenvalue weighted by Crippen LogP contribution is -2.45. The lowest BCUT2D eigenvalue weighted by atomic mass is 9.82. The monoisotopic (exact) mass is 243 g/mol. The summed E-state index contributed by atoms with van der Waals surface area (Å²) in [5, 5.41) is 11.7. The molecule has 0 aliphatic rings. The van der Waals surface area contributed by atoms with Crippen LogP contribution in [0.5, 0.6) is 0 Å². The van der Waals surface area contributed by atoms with Crippen LogP contribution in [0.15, 0.2) is 0 Å². The maximum atomic E-state index is 12.0. The number of carboxylic acid groups (broad SMARTS) is 1. The first kappa shape index (κ1) is 15.9. The van der Waals surface area contributed by atoms with E-state index in [1.165, 1.54) is 0 Å². The minimum absolute atomic E-state index is 0.0602. The van der Waals surface area contributed by atoms with E-state index in [1.54, 1.807) is 0 Å². The molecule has 0 saturated heterocycles. The lowest BCUT2D eigenvalue weighted by Gasteiger charge is -2.28. The van der Waals surface area contributed by atoms with Crippen LogP contribution < -0.4 is 5.32 Å². The van der Waals surface area contributed by atoms with Crippen molar-refractivity contribution in [2.75, 3.05) is 0 Å². The molecule has 0 saturated carbocycles. The van der Waals surface area contributed by atoms with Crippen molar-refractivity contribution < 1.29 is 14.7 Å². The number of aliphatic carboxylic acids is 1. The average Bonchev–Trinajstić information content (AvgIpc) is 1.95. The van der Waals surface area contributed by atoms with Gasteiger partial charge >= 0.3 is 5.97 Å². The molecule has 0 heterocycles. The summed E-state index contributed by atoms with van der Waals surface area (Å²) in [5.41, 5.74) is -0.388. The van der Waals surface area contributed by atoms with E-state index in [0.29, 0.717) is 6.42 Å². The van der Waals surface area contributed by atoms with Gasteiger partial charge in [-0.25, -0.2) is 0 Å². The normalized spacial score (nSPS) is 14.2. The lowest BCUT2D eigenvalue weighted by molar-refractivity contribution is -0.142. The zero-order valence-electron chi connectivity index (χ0n) is 11.8. The van der Waals surface area contributed by atoms with Gasteiger partial charge in [0, 0.05) is 11.5 Å². The molecule has 4 nitrogen and oxygen atoms in total. The summed E-state index contributed by atoms with van der Waals surface area (Å²) in [5.74, 6) is -1.56. The van der Waals surface area contributed by atoms with Crippen LogP contribution in [-0.4, -0.2) is 22.5 Å². The van der Waals surface area contributed by atoms with Gasteiger partial charge in [0.05, 0.1) is 6.42 Å². The van der Waals surface area contributed by atoms with Gasteiger partial charge in [-0.15, -0.1) is 0 Å². The van der Waals surface area contributed by atoms with Crippen molar-refractivity contribution in [3.8, 4) is 0 Å². The largest absolute Gasteiger partial charge is 0.481 e. The van der Waals surface area contributed by atoms with E-state index in [2.05, 4.69) is 5.32 Å². The molecule has 4 heteroatoms. The molecule has 17 heavy (non-hydrogen) atoms. The van der Waals surface area contributed by atoms with Crippen LogP contribution in [0, 0.1) is 11.3 Å². The molecule has 0 radical (unpaired) electrons. The summed E-state index contributed by atoms with van der Waals surface area (Å²) in [6.45, 7) is 11.7. The predicted molar refractivity (Wildman–Crippen MR) is 67.7 cm³/mol. The molecular formula is C13H25NO3. The van der Waals surface area contributed by atoms with Gasteiger partial charge in [0.15, 0.2) is 0 Å².